The van der Waals surface area contributed by atoms with Crippen LogP contribution in [0.3, 0.4) is 0 Å². The molecule has 5 aliphatic rings. The van der Waals surface area contributed by atoms with Crippen molar-refractivity contribution in [2.75, 3.05) is 14.7 Å². The molecule has 0 radical (unpaired) electrons. The molecule has 0 saturated heterocycles. The number of nitrogens with zero attached hydrogens (tertiary/aromatic N) is 3. The van der Waals surface area contributed by atoms with Crippen LogP contribution < -0.4 is 35.8 Å². The second-order valence-electron chi connectivity index (χ2n) is 22.9. The Hall–Kier alpha value is -7.76. The largest absolute Gasteiger partial charge is 0.457 e. The zero-order valence-electron chi connectivity index (χ0n) is 41.8. The van der Waals surface area contributed by atoms with Crippen molar-refractivity contribution in [1.29, 1.82) is 0 Å². The number of ether oxygens (including phenoxy) is 1. The molecular weight excluding hydrogens is 862 g/mol. The first-order chi connectivity index (χ1) is 34.3. The van der Waals surface area contributed by atoms with E-state index in [0.29, 0.717) is 0 Å². The highest BCUT2D eigenvalue weighted by atomic mass is 16.5. The van der Waals surface area contributed by atoms with Crippen molar-refractivity contribution in [3.8, 4) is 11.5 Å². The fourth-order valence-electron chi connectivity index (χ4n) is 13.2. The van der Waals surface area contributed by atoms with E-state index in [9.17, 15) is 0 Å². The van der Waals surface area contributed by atoms with E-state index in [1.54, 1.807) is 0 Å². The Balaban J connectivity index is 1.12. The van der Waals surface area contributed by atoms with Crippen molar-refractivity contribution in [2.24, 2.45) is 0 Å². The quantitative estimate of drug-likeness (QED) is 0.164. The molecule has 0 aliphatic carbocycles. The van der Waals surface area contributed by atoms with Crippen LogP contribution in [-0.2, 0) is 21.7 Å². The van der Waals surface area contributed by atoms with Gasteiger partial charge < -0.3 is 19.4 Å². The monoisotopic (exact) mass is 917 g/mol. The number of benzene rings is 9. The molecule has 0 saturated carbocycles. The van der Waals surface area contributed by atoms with E-state index in [0.717, 1.165) is 39.7 Å². The summed E-state index contributed by atoms with van der Waals surface area (Å²) in [5, 5.41) is 0. The minimum atomic E-state index is -0.658. The van der Waals surface area contributed by atoms with Gasteiger partial charge in [-0.1, -0.05) is 189 Å². The van der Waals surface area contributed by atoms with Gasteiger partial charge in [0.25, 0.3) is 6.71 Å². The molecule has 0 bridgehead atoms. The summed E-state index contributed by atoms with van der Waals surface area (Å²) < 4.78 is 6.85. The highest BCUT2D eigenvalue weighted by molar-refractivity contribution is 7.00. The summed E-state index contributed by atoms with van der Waals surface area (Å²) in [5.74, 6) is 1.79. The maximum Gasteiger partial charge on any atom is 0.252 e. The fourth-order valence-corrected chi connectivity index (χ4v) is 13.2. The van der Waals surface area contributed by atoms with Crippen LogP contribution in [0.15, 0.2) is 194 Å². The first-order valence-corrected chi connectivity index (χ1v) is 25.4. The Morgan fingerprint density at radius 1 is 0.408 bits per heavy atom. The normalized spacial score (nSPS) is 15.6. The maximum absolute atomic E-state index is 6.85. The van der Waals surface area contributed by atoms with Gasteiger partial charge in [0, 0.05) is 50.7 Å². The number of para-hydroxylation sites is 6. The number of rotatable bonds is 3. The van der Waals surface area contributed by atoms with Gasteiger partial charge in [0.05, 0.1) is 22.5 Å². The van der Waals surface area contributed by atoms with Crippen LogP contribution in [0.5, 0.6) is 11.5 Å². The maximum atomic E-state index is 6.85. The van der Waals surface area contributed by atoms with Crippen molar-refractivity contribution in [1.82, 2.24) is 0 Å². The second kappa shape index (κ2) is 14.4. The zero-order valence-corrected chi connectivity index (χ0v) is 41.8. The summed E-state index contributed by atoms with van der Waals surface area (Å²) in [6.07, 6.45) is 0. The van der Waals surface area contributed by atoms with Gasteiger partial charge in [-0.05, 0) is 121 Å². The Morgan fingerprint density at radius 2 is 0.831 bits per heavy atom. The summed E-state index contributed by atoms with van der Waals surface area (Å²) in [6, 6.07) is 73.6. The summed E-state index contributed by atoms with van der Waals surface area (Å²) in [5.41, 5.74) is 23.9. The van der Waals surface area contributed by atoms with Gasteiger partial charge in [-0.15, -0.1) is 0 Å². The third kappa shape index (κ3) is 5.63. The molecule has 14 rings (SSSR count). The van der Waals surface area contributed by atoms with Gasteiger partial charge in [0.15, 0.2) is 0 Å². The standard InChI is InChI=1S/C66H56BN3O/c1-63(2,3)41-31-35-43(36-32-41)68(44-37-33-42(34-38-44)64(4,5)6)45-39-56-60-57(40-45)70-55-28-14-10-20-47(55)66(48-21-11-15-29-58(48)71-59-30-16-12-22-49(59)66)51-24-18-26-53(62(51)70)67(60)52-25-17-23-50-61(52)69(56)54-27-13-9-19-46(54)65(50,7)8/h9-40H,1-8H3. The van der Waals surface area contributed by atoms with E-state index < -0.39 is 5.41 Å². The van der Waals surface area contributed by atoms with Crippen LogP contribution >= 0.6 is 0 Å². The lowest BCUT2D eigenvalue weighted by Crippen LogP contribution is -2.63. The minimum Gasteiger partial charge on any atom is -0.457 e. The van der Waals surface area contributed by atoms with E-state index in [1.165, 1.54) is 83.9 Å². The fraction of sp³-hybridized carbons (Fsp3) is 0.182. The lowest BCUT2D eigenvalue weighted by atomic mass is 9.32. The lowest BCUT2D eigenvalue weighted by molar-refractivity contribution is 0.434. The molecule has 344 valence electrons. The first kappa shape index (κ1) is 42.2. The van der Waals surface area contributed by atoms with Gasteiger partial charge in [0.2, 0.25) is 0 Å². The second-order valence-corrected chi connectivity index (χ2v) is 22.9. The number of hydrogen-bond donors (Lipinski definition) is 0. The third-order valence-electron chi connectivity index (χ3n) is 16.6. The van der Waals surface area contributed by atoms with Crippen LogP contribution in [0.4, 0.5) is 51.2 Å². The smallest absolute Gasteiger partial charge is 0.252 e. The third-order valence-corrected chi connectivity index (χ3v) is 16.6. The Kier molecular flexibility index (Phi) is 8.56. The van der Waals surface area contributed by atoms with Crippen LogP contribution in [0.2, 0.25) is 0 Å². The molecule has 0 amide bonds. The minimum absolute atomic E-state index is 0.0127. The number of hydrogen-bond acceptors (Lipinski definition) is 4. The molecule has 0 aromatic heterocycles. The summed E-state index contributed by atoms with van der Waals surface area (Å²) in [6.45, 7) is 18.5. The predicted octanol–water partition coefficient (Wildman–Crippen LogP) is 15.3. The average Bonchev–Trinajstić information content (AvgIpc) is 3.38. The van der Waals surface area contributed by atoms with Gasteiger partial charge in [0.1, 0.15) is 11.5 Å². The molecule has 5 aliphatic heterocycles. The van der Waals surface area contributed by atoms with Crippen molar-refractivity contribution in [2.45, 2.75) is 77.0 Å². The van der Waals surface area contributed by atoms with Gasteiger partial charge in [-0.2, -0.15) is 0 Å². The van der Waals surface area contributed by atoms with Gasteiger partial charge >= 0.3 is 0 Å². The van der Waals surface area contributed by atoms with Crippen LogP contribution in [0.1, 0.15) is 99.9 Å². The molecule has 5 heteroatoms. The number of anilines is 9. The topological polar surface area (TPSA) is 19.0 Å². The number of fused-ring (bicyclic) bond motifs is 14. The Labute approximate surface area is 418 Å². The highest BCUT2D eigenvalue weighted by Gasteiger charge is 2.56. The van der Waals surface area contributed by atoms with Crippen molar-refractivity contribution < 1.29 is 4.74 Å². The Morgan fingerprint density at radius 3 is 1.35 bits per heavy atom. The Bertz CT molecular complexity index is 3600. The van der Waals surface area contributed by atoms with Crippen LogP contribution in [-0.4, -0.2) is 6.71 Å². The molecule has 71 heavy (non-hydrogen) atoms. The van der Waals surface area contributed by atoms with E-state index in [2.05, 4.69) is 264 Å². The molecular formula is C66H56BN3O. The predicted molar refractivity (Wildman–Crippen MR) is 297 cm³/mol. The van der Waals surface area contributed by atoms with Gasteiger partial charge in [-0.3, -0.25) is 0 Å². The van der Waals surface area contributed by atoms with E-state index in [4.69, 9.17) is 4.74 Å². The molecule has 0 unspecified atom stereocenters. The van der Waals surface area contributed by atoms with Crippen molar-refractivity contribution in [3.63, 3.8) is 0 Å². The van der Waals surface area contributed by atoms with Crippen molar-refractivity contribution in [3.05, 3.63) is 239 Å². The van der Waals surface area contributed by atoms with Crippen LogP contribution in [0, 0.1) is 0 Å². The van der Waals surface area contributed by atoms with Gasteiger partial charge in [-0.25, -0.2) is 0 Å². The first-order valence-electron chi connectivity index (χ1n) is 25.4. The molecule has 0 N–H and O–H groups in total. The van der Waals surface area contributed by atoms with E-state index in [-0.39, 0.29) is 23.0 Å². The summed E-state index contributed by atoms with van der Waals surface area (Å²) in [7, 11) is 0. The van der Waals surface area contributed by atoms with E-state index >= 15 is 0 Å². The molecule has 1 spiro atoms. The molecule has 0 atom stereocenters. The molecule has 0 fully saturated rings. The molecule has 9 aromatic carbocycles. The SMILES string of the molecule is CC(C)(C)c1ccc(N(c2ccc(C(C)(C)C)cc2)c2cc3c4c(c2)N2c5ccccc5C5(c6ccccc6Oc6ccccc65)c5cccc(c52)B4c2cccc4c2N3c2ccccc2C4(C)C)cc1. The molecule has 4 nitrogen and oxygen atoms in total. The molecule has 9 aromatic rings. The summed E-state index contributed by atoms with van der Waals surface area (Å²) in [4.78, 5) is 7.77. The highest BCUT2D eigenvalue weighted by Crippen LogP contribution is 2.64. The zero-order chi connectivity index (χ0) is 48.3. The van der Waals surface area contributed by atoms with Crippen molar-refractivity contribution >= 4 is 74.3 Å². The lowest BCUT2D eigenvalue weighted by Gasteiger charge is -2.53. The molecule has 5 heterocycles. The summed E-state index contributed by atoms with van der Waals surface area (Å²) >= 11 is 0. The average molecular weight is 918 g/mol. The van der Waals surface area contributed by atoms with Crippen LogP contribution in [0.25, 0.3) is 0 Å². The van der Waals surface area contributed by atoms with E-state index in [1.807, 2.05) is 0 Å².